The first-order chi connectivity index (χ1) is 8.17. The predicted octanol–water partition coefficient (Wildman–Crippen LogP) is 2.25. The topological polar surface area (TPSA) is 66.4 Å². The van der Waals surface area contributed by atoms with Gasteiger partial charge in [0.25, 0.3) is 0 Å². The van der Waals surface area contributed by atoms with Crippen LogP contribution in [0.4, 0.5) is 13.2 Å². The van der Waals surface area contributed by atoms with E-state index >= 15 is 0 Å². The summed E-state index contributed by atoms with van der Waals surface area (Å²) in [6, 6.07) is 0. The molecule has 0 aromatic rings. The zero-order valence-corrected chi connectivity index (χ0v) is 11.0. The fraction of sp³-hybridized carbons (Fsp3) is 0.800. The van der Waals surface area contributed by atoms with Gasteiger partial charge in [0.2, 0.25) is 5.91 Å². The number of carboxylic acids is 1. The molecule has 18 heavy (non-hydrogen) atoms. The molecule has 0 aliphatic rings. The van der Waals surface area contributed by atoms with E-state index in [9.17, 15) is 22.8 Å². The lowest BCUT2D eigenvalue weighted by Gasteiger charge is -2.26. The van der Waals surface area contributed by atoms with Gasteiger partial charge < -0.3 is 10.4 Å². The molecule has 0 rings (SSSR count). The van der Waals surface area contributed by atoms with Crippen LogP contribution in [-0.4, -0.2) is 34.8 Å². The quantitative estimate of drug-likeness (QED) is 0.753. The maximum absolute atomic E-state index is 11.8. The van der Waals surface area contributed by atoms with Crippen LogP contribution in [0.3, 0.4) is 0 Å². The summed E-state index contributed by atoms with van der Waals surface area (Å²) >= 11 is -0.444. The third-order valence-electron chi connectivity index (χ3n) is 2.80. The highest BCUT2D eigenvalue weighted by molar-refractivity contribution is 8.00. The summed E-state index contributed by atoms with van der Waals surface area (Å²) in [7, 11) is 0. The zero-order chi connectivity index (χ0) is 14.4. The van der Waals surface area contributed by atoms with E-state index in [1.807, 2.05) is 0 Å². The summed E-state index contributed by atoms with van der Waals surface area (Å²) in [4.78, 5) is 22.2. The highest BCUT2D eigenvalue weighted by Crippen LogP contribution is 2.30. The van der Waals surface area contributed by atoms with Gasteiger partial charge in [0, 0.05) is 6.54 Å². The molecule has 0 radical (unpaired) electrons. The average molecular weight is 287 g/mol. The Hall–Kier alpha value is -0.920. The van der Waals surface area contributed by atoms with Crippen molar-refractivity contribution in [2.45, 2.75) is 32.2 Å². The van der Waals surface area contributed by atoms with Gasteiger partial charge in [-0.3, -0.25) is 9.59 Å². The molecule has 0 saturated carbocycles. The first kappa shape index (κ1) is 17.1. The minimum absolute atomic E-state index is 0.160. The van der Waals surface area contributed by atoms with E-state index in [-0.39, 0.29) is 6.54 Å². The summed E-state index contributed by atoms with van der Waals surface area (Å²) in [5.41, 5.74) is -5.57. The van der Waals surface area contributed by atoms with E-state index in [0.717, 1.165) is 0 Å². The fourth-order valence-electron chi connectivity index (χ4n) is 1.34. The van der Waals surface area contributed by atoms with Gasteiger partial charge in [0.1, 0.15) is 0 Å². The molecule has 8 heteroatoms. The normalized spacial score (nSPS) is 12.3. The molecule has 0 saturated heterocycles. The SMILES string of the molecule is CCC(CC)(CNC(=O)CSC(F)(F)F)C(=O)O. The summed E-state index contributed by atoms with van der Waals surface area (Å²) in [5, 5.41) is 11.3. The molecular weight excluding hydrogens is 271 g/mol. The molecule has 0 atom stereocenters. The zero-order valence-electron chi connectivity index (χ0n) is 10.1. The van der Waals surface area contributed by atoms with Crippen molar-refractivity contribution in [1.82, 2.24) is 5.32 Å². The Morgan fingerprint density at radius 3 is 2.06 bits per heavy atom. The molecule has 0 fully saturated rings. The van der Waals surface area contributed by atoms with Gasteiger partial charge in [-0.1, -0.05) is 13.8 Å². The number of alkyl halides is 3. The van der Waals surface area contributed by atoms with Crippen LogP contribution >= 0.6 is 11.8 Å². The fourth-order valence-corrected chi connectivity index (χ4v) is 1.74. The number of nitrogens with one attached hydrogen (secondary N) is 1. The molecular formula is C10H16F3NO3S. The molecule has 0 bridgehead atoms. The van der Waals surface area contributed by atoms with Crippen LogP contribution in [0.1, 0.15) is 26.7 Å². The van der Waals surface area contributed by atoms with E-state index in [1.165, 1.54) is 0 Å². The van der Waals surface area contributed by atoms with Gasteiger partial charge in [-0.15, -0.1) is 0 Å². The molecule has 0 unspecified atom stereocenters. The number of thioether (sulfide) groups is 1. The molecule has 106 valence electrons. The average Bonchev–Trinajstić information content (AvgIpc) is 2.27. The number of hydrogen-bond acceptors (Lipinski definition) is 3. The molecule has 0 aromatic heterocycles. The highest BCUT2D eigenvalue weighted by atomic mass is 32.2. The first-order valence-corrected chi connectivity index (χ1v) is 6.36. The minimum atomic E-state index is -4.46. The first-order valence-electron chi connectivity index (χ1n) is 5.37. The van der Waals surface area contributed by atoms with E-state index in [4.69, 9.17) is 5.11 Å². The van der Waals surface area contributed by atoms with Crippen molar-refractivity contribution in [2.24, 2.45) is 5.41 Å². The Kier molecular flexibility index (Phi) is 6.51. The lowest BCUT2D eigenvalue weighted by atomic mass is 9.82. The molecule has 0 aliphatic carbocycles. The molecule has 0 aliphatic heterocycles. The Morgan fingerprint density at radius 1 is 1.22 bits per heavy atom. The Morgan fingerprint density at radius 2 is 1.72 bits per heavy atom. The van der Waals surface area contributed by atoms with E-state index in [2.05, 4.69) is 5.32 Å². The maximum Gasteiger partial charge on any atom is 0.442 e. The third-order valence-corrected chi connectivity index (χ3v) is 3.53. The number of carbonyl (C=O) groups excluding carboxylic acids is 1. The Balaban J connectivity index is 4.29. The highest BCUT2D eigenvalue weighted by Gasteiger charge is 2.35. The van der Waals surface area contributed by atoms with Crippen molar-refractivity contribution in [1.29, 1.82) is 0 Å². The molecule has 0 aromatic carbocycles. The standard InChI is InChI=1S/C10H16F3NO3S/c1-3-9(4-2,8(16)17)6-14-7(15)5-18-10(11,12)13/h3-6H2,1-2H3,(H,14,15)(H,16,17). The number of amides is 1. The lowest BCUT2D eigenvalue weighted by Crippen LogP contribution is -2.43. The predicted molar refractivity (Wildman–Crippen MR) is 62.2 cm³/mol. The van der Waals surface area contributed by atoms with Crippen molar-refractivity contribution in [3.8, 4) is 0 Å². The molecule has 1 amide bonds. The molecule has 0 spiro atoms. The van der Waals surface area contributed by atoms with Crippen LogP contribution in [0.15, 0.2) is 0 Å². The minimum Gasteiger partial charge on any atom is -0.481 e. The van der Waals surface area contributed by atoms with E-state index in [1.54, 1.807) is 13.8 Å². The van der Waals surface area contributed by atoms with Crippen LogP contribution in [0.5, 0.6) is 0 Å². The van der Waals surface area contributed by atoms with Gasteiger partial charge in [-0.05, 0) is 24.6 Å². The smallest absolute Gasteiger partial charge is 0.442 e. The van der Waals surface area contributed by atoms with Crippen LogP contribution in [0.2, 0.25) is 0 Å². The number of carbonyl (C=O) groups is 2. The Labute approximate surface area is 107 Å². The summed E-state index contributed by atoms with van der Waals surface area (Å²) in [5.74, 6) is -2.63. The van der Waals surface area contributed by atoms with Crippen molar-refractivity contribution in [3.63, 3.8) is 0 Å². The van der Waals surface area contributed by atoms with Crippen molar-refractivity contribution < 1.29 is 27.9 Å². The van der Waals surface area contributed by atoms with E-state index in [0.29, 0.717) is 12.8 Å². The monoisotopic (exact) mass is 287 g/mol. The van der Waals surface area contributed by atoms with Gasteiger partial charge >= 0.3 is 11.5 Å². The lowest BCUT2D eigenvalue weighted by molar-refractivity contribution is -0.149. The van der Waals surface area contributed by atoms with Crippen LogP contribution in [0, 0.1) is 5.41 Å². The summed E-state index contributed by atoms with van der Waals surface area (Å²) < 4.78 is 35.5. The number of aliphatic carboxylic acids is 1. The Bertz CT molecular complexity index is 303. The second-order valence-electron chi connectivity index (χ2n) is 3.80. The second kappa shape index (κ2) is 6.86. The van der Waals surface area contributed by atoms with Crippen LogP contribution < -0.4 is 5.32 Å². The van der Waals surface area contributed by atoms with Crippen LogP contribution in [0.25, 0.3) is 0 Å². The van der Waals surface area contributed by atoms with Crippen molar-refractivity contribution >= 4 is 23.6 Å². The largest absolute Gasteiger partial charge is 0.481 e. The second-order valence-corrected chi connectivity index (χ2v) is 4.84. The third kappa shape index (κ3) is 5.61. The van der Waals surface area contributed by atoms with E-state index < -0.39 is 40.3 Å². The van der Waals surface area contributed by atoms with Crippen molar-refractivity contribution in [3.05, 3.63) is 0 Å². The number of rotatable bonds is 7. The van der Waals surface area contributed by atoms with Gasteiger partial charge in [-0.2, -0.15) is 13.2 Å². The van der Waals surface area contributed by atoms with Crippen LogP contribution in [-0.2, 0) is 9.59 Å². The molecule has 4 nitrogen and oxygen atoms in total. The number of carboxylic acid groups (broad SMARTS) is 1. The number of halogens is 3. The number of hydrogen-bond donors (Lipinski definition) is 2. The van der Waals surface area contributed by atoms with Crippen molar-refractivity contribution in [2.75, 3.05) is 12.3 Å². The molecule has 2 N–H and O–H groups in total. The summed E-state index contributed by atoms with van der Waals surface area (Å²) in [6.07, 6.45) is 0.594. The summed E-state index contributed by atoms with van der Waals surface area (Å²) in [6.45, 7) is 3.16. The van der Waals surface area contributed by atoms with Gasteiger partial charge in [-0.25, -0.2) is 0 Å². The molecule has 0 heterocycles. The van der Waals surface area contributed by atoms with Gasteiger partial charge in [0.05, 0.1) is 11.2 Å². The maximum atomic E-state index is 11.8. The van der Waals surface area contributed by atoms with Gasteiger partial charge in [0.15, 0.2) is 0 Å².